The average molecular weight is 176 g/mol. The Bertz CT molecular complexity index is 263. The van der Waals surface area contributed by atoms with E-state index in [1.54, 1.807) is 0 Å². The van der Waals surface area contributed by atoms with Crippen LogP contribution in [0.5, 0.6) is 0 Å². The molecule has 1 rings (SSSR count). The number of hydrogen-bond acceptors (Lipinski definition) is 1. The lowest BCUT2D eigenvalue weighted by Gasteiger charge is -2.01. The first-order valence-electron chi connectivity index (χ1n) is 3.39. The quantitative estimate of drug-likeness (QED) is 0.726. The number of rotatable bonds is 2. The fourth-order valence-corrected chi connectivity index (χ4v) is 0.923. The lowest BCUT2D eigenvalue weighted by Crippen LogP contribution is -2.00. The van der Waals surface area contributed by atoms with Crippen LogP contribution in [0.25, 0.3) is 0 Å². The molecule has 12 heavy (non-hydrogen) atoms. The van der Waals surface area contributed by atoms with Crippen molar-refractivity contribution >= 4 is 0 Å². The summed E-state index contributed by atoms with van der Waals surface area (Å²) in [7, 11) is 0. The molecule has 0 heterocycles. The zero-order valence-corrected chi connectivity index (χ0v) is 6.15. The van der Waals surface area contributed by atoms with E-state index in [1.165, 1.54) is 0 Å². The van der Waals surface area contributed by atoms with Gasteiger partial charge in [-0.2, -0.15) is 0 Å². The summed E-state index contributed by atoms with van der Waals surface area (Å²) in [5.41, 5.74) is -0.279. The van der Waals surface area contributed by atoms with Crippen LogP contribution < -0.4 is 0 Å². The second kappa shape index (κ2) is 3.58. The van der Waals surface area contributed by atoms with Crippen LogP contribution in [-0.2, 0) is 6.42 Å². The number of benzene rings is 1. The molecule has 0 saturated carbocycles. The molecule has 0 aliphatic heterocycles. The molecule has 0 amide bonds. The molecular formula is C8H7F3O. The first-order valence-corrected chi connectivity index (χ1v) is 3.39. The minimum Gasteiger partial charge on any atom is -0.396 e. The fraction of sp³-hybridized carbons (Fsp3) is 0.250. The molecule has 0 aromatic heterocycles. The van der Waals surface area contributed by atoms with E-state index in [0.717, 1.165) is 0 Å². The molecule has 1 N–H and O–H groups in total. The van der Waals surface area contributed by atoms with Crippen LogP contribution >= 0.6 is 0 Å². The highest BCUT2D eigenvalue weighted by Gasteiger charge is 2.09. The van der Waals surface area contributed by atoms with Crippen LogP contribution in [0.4, 0.5) is 13.2 Å². The molecule has 4 heteroatoms. The summed E-state index contributed by atoms with van der Waals surface area (Å²) in [5.74, 6) is -2.87. The van der Waals surface area contributed by atoms with Crippen molar-refractivity contribution in [3.63, 3.8) is 0 Å². The summed E-state index contributed by atoms with van der Waals surface area (Å²) < 4.78 is 37.7. The highest BCUT2D eigenvalue weighted by Crippen LogP contribution is 2.14. The summed E-state index contributed by atoms with van der Waals surface area (Å²) in [6.45, 7) is -0.362. The molecule has 0 unspecified atom stereocenters. The van der Waals surface area contributed by atoms with Crippen LogP contribution in [0.1, 0.15) is 5.56 Å². The molecule has 1 aromatic carbocycles. The minimum atomic E-state index is -0.957. The van der Waals surface area contributed by atoms with Gasteiger partial charge in [0, 0.05) is 30.7 Å². The lowest BCUT2D eigenvalue weighted by atomic mass is 10.1. The molecule has 0 saturated heterocycles. The Morgan fingerprint density at radius 2 is 1.58 bits per heavy atom. The van der Waals surface area contributed by atoms with Crippen molar-refractivity contribution in [3.05, 3.63) is 35.1 Å². The Kier molecular flexibility index (Phi) is 2.70. The molecule has 0 aliphatic carbocycles. The van der Waals surface area contributed by atoms with E-state index in [1.807, 2.05) is 0 Å². The zero-order valence-electron chi connectivity index (χ0n) is 6.15. The summed E-state index contributed by atoms with van der Waals surface area (Å²) in [4.78, 5) is 0. The van der Waals surface area contributed by atoms with E-state index in [0.29, 0.717) is 12.1 Å². The van der Waals surface area contributed by atoms with Crippen LogP contribution in [0, 0.1) is 17.5 Å². The van der Waals surface area contributed by atoms with Gasteiger partial charge in [0.15, 0.2) is 0 Å². The van der Waals surface area contributed by atoms with Gasteiger partial charge in [-0.05, 0) is 0 Å². The lowest BCUT2D eigenvalue weighted by molar-refractivity contribution is 0.295. The second-order valence-corrected chi connectivity index (χ2v) is 2.32. The van der Waals surface area contributed by atoms with Gasteiger partial charge in [0.05, 0.1) is 0 Å². The third-order valence-electron chi connectivity index (χ3n) is 1.47. The van der Waals surface area contributed by atoms with Crippen molar-refractivity contribution < 1.29 is 18.3 Å². The predicted molar refractivity (Wildman–Crippen MR) is 37.1 cm³/mol. The maximum absolute atomic E-state index is 12.7. The van der Waals surface area contributed by atoms with Crippen LogP contribution in [-0.4, -0.2) is 11.7 Å². The molecule has 0 aliphatic rings. The van der Waals surface area contributed by atoms with Crippen molar-refractivity contribution in [3.8, 4) is 0 Å². The van der Waals surface area contributed by atoms with Gasteiger partial charge in [-0.15, -0.1) is 0 Å². The Morgan fingerprint density at radius 3 is 2.00 bits per heavy atom. The first kappa shape index (κ1) is 9.06. The largest absolute Gasteiger partial charge is 0.396 e. The van der Waals surface area contributed by atoms with Gasteiger partial charge in [0.1, 0.15) is 17.5 Å². The Labute approximate surface area is 67.5 Å². The van der Waals surface area contributed by atoms with Gasteiger partial charge in [0.2, 0.25) is 0 Å². The van der Waals surface area contributed by atoms with Crippen molar-refractivity contribution in [2.75, 3.05) is 6.61 Å². The monoisotopic (exact) mass is 176 g/mol. The van der Waals surface area contributed by atoms with E-state index < -0.39 is 17.5 Å². The average Bonchev–Trinajstić information content (AvgIpc) is 1.96. The molecule has 0 spiro atoms. The maximum Gasteiger partial charge on any atom is 0.132 e. The number of aliphatic hydroxyl groups excluding tert-OH is 1. The number of aliphatic hydroxyl groups is 1. The molecule has 0 bridgehead atoms. The molecule has 0 fully saturated rings. The second-order valence-electron chi connectivity index (χ2n) is 2.32. The highest BCUT2D eigenvalue weighted by molar-refractivity contribution is 5.20. The van der Waals surface area contributed by atoms with Gasteiger partial charge in [0.25, 0.3) is 0 Å². The van der Waals surface area contributed by atoms with Crippen LogP contribution in [0.15, 0.2) is 12.1 Å². The van der Waals surface area contributed by atoms with Gasteiger partial charge >= 0.3 is 0 Å². The fourth-order valence-electron chi connectivity index (χ4n) is 0.923. The predicted octanol–water partition coefficient (Wildman–Crippen LogP) is 1.64. The van der Waals surface area contributed by atoms with Gasteiger partial charge in [-0.1, -0.05) is 0 Å². The normalized spacial score (nSPS) is 10.3. The summed E-state index contributed by atoms with van der Waals surface area (Å²) in [6.07, 6.45) is -0.141. The summed E-state index contributed by atoms with van der Waals surface area (Å²) >= 11 is 0. The summed E-state index contributed by atoms with van der Waals surface area (Å²) in [5, 5.41) is 8.41. The van der Waals surface area contributed by atoms with Crippen molar-refractivity contribution in [1.29, 1.82) is 0 Å². The highest BCUT2D eigenvalue weighted by atomic mass is 19.1. The Hall–Kier alpha value is -1.03. The third kappa shape index (κ3) is 1.76. The molecule has 1 nitrogen and oxygen atoms in total. The van der Waals surface area contributed by atoms with Gasteiger partial charge in [-0.25, -0.2) is 13.2 Å². The third-order valence-corrected chi connectivity index (χ3v) is 1.47. The van der Waals surface area contributed by atoms with Crippen molar-refractivity contribution in [1.82, 2.24) is 0 Å². The zero-order chi connectivity index (χ0) is 9.14. The molecule has 0 atom stereocenters. The van der Waals surface area contributed by atoms with Gasteiger partial charge < -0.3 is 5.11 Å². The van der Waals surface area contributed by atoms with E-state index in [4.69, 9.17) is 5.11 Å². The first-order chi connectivity index (χ1) is 5.65. The van der Waals surface area contributed by atoms with E-state index in [-0.39, 0.29) is 18.6 Å². The van der Waals surface area contributed by atoms with E-state index in [2.05, 4.69) is 0 Å². The SMILES string of the molecule is OCCc1c(F)cc(F)cc1F. The molecule has 1 aromatic rings. The molecule has 66 valence electrons. The standard InChI is InChI=1S/C8H7F3O/c9-5-3-7(10)6(1-2-12)8(11)4-5/h3-4,12H,1-2H2. The Balaban J connectivity index is 3.10. The smallest absolute Gasteiger partial charge is 0.132 e. The van der Waals surface area contributed by atoms with E-state index in [9.17, 15) is 13.2 Å². The van der Waals surface area contributed by atoms with E-state index >= 15 is 0 Å². The Morgan fingerprint density at radius 1 is 1.08 bits per heavy atom. The van der Waals surface area contributed by atoms with Crippen LogP contribution in [0.2, 0.25) is 0 Å². The molecular weight excluding hydrogens is 169 g/mol. The topological polar surface area (TPSA) is 20.2 Å². The molecule has 0 radical (unpaired) electrons. The van der Waals surface area contributed by atoms with Crippen molar-refractivity contribution in [2.24, 2.45) is 0 Å². The number of halogens is 3. The minimum absolute atomic E-state index is 0.141. The van der Waals surface area contributed by atoms with Crippen LogP contribution in [0.3, 0.4) is 0 Å². The summed E-state index contributed by atoms with van der Waals surface area (Å²) in [6, 6.07) is 1.18. The number of hydrogen-bond donors (Lipinski definition) is 1. The maximum atomic E-state index is 12.7. The van der Waals surface area contributed by atoms with Crippen molar-refractivity contribution in [2.45, 2.75) is 6.42 Å². The van der Waals surface area contributed by atoms with Gasteiger partial charge in [-0.3, -0.25) is 0 Å².